The summed E-state index contributed by atoms with van der Waals surface area (Å²) < 4.78 is 7.14. The third-order valence-corrected chi connectivity index (χ3v) is 4.90. The molecule has 0 saturated carbocycles. The summed E-state index contributed by atoms with van der Waals surface area (Å²) in [5.41, 5.74) is 8.50. The second kappa shape index (κ2) is 9.84. The molecule has 4 rings (SSSR count). The number of rotatable bonds is 9. The van der Waals surface area contributed by atoms with E-state index in [1.54, 1.807) is 6.07 Å². The zero-order valence-electron chi connectivity index (χ0n) is 17.4. The number of imidazole rings is 1. The predicted octanol–water partition coefficient (Wildman–Crippen LogP) is 2.83. The Kier molecular flexibility index (Phi) is 6.52. The number of nitrogens with zero attached hydrogens (tertiary/aromatic N) is 3. The van der Waals surface area contributed by atoms with Crippen LogP contribution in [0.5, 0.6) is 0 Å². The summed E-state index contributed by atoms with van der Waals surface area (Å²) >= 11 is 0. The minimum Gasteiger partial charge on any atom is -0.377 e. The number of amides is 2. The Morgan fingerprint density at radius 2 is 1.75 bits per heavy atom. The molecule has 2 aromatic carbocycles. The maximum Gasteiger partial charge on any atom is 0.271 e. The zero-order chi connectivity index (χ0) is 22.3. The first-order valence-corrected chi connectivity index (χ1v) is 10.3. The van der Waals surface area contributed by atoms with E-state index in [-0.39, 0.29) is 17.2 Å². The molecule has 0 bridgehead atoms. The van der Waals surface area contributed by atoms with Crippen molar-refractivity contribution in [1.29, 1.82) is 0 Å². The average Bonchev–Trinajstić information content (AvgIpc) is 3.26. The van der Waals surface area contributed by atoms with Crippen molar-refractivity contribution >= 4 is 17.5 Å². The van der Waals surface area contributed by atoms with Crippen LogP contribution in [0.3, 0.4) is 0 Å². The van der Waals surface area contributed by atoms with Gasteiger partial charge in [-0.15, -0.1) is 0 Å². The summed E-state index contributed by atoms with van der Waals surface area (Å²) in [7, 11) is 0. The summed E-state index contributed by atoms with van der Waals surface area (Å²) in [5, 5.41) is 2.90. The van der Waals surface area contributed by atoms with Crippen molar-refractivity contribution in [3.63, 3.8) is 0 Å². The molecular formula is C24H23N5O3. The molecule has 0 aliphatic carbocycles. The van der Waals surface area contributed by atoms with E-state index in [9.17, 15) is 9.59 Å². The van der Waals surface area contributed by atoms with Gasteiger partial charge in [0.05, 0.1) is 12.3 Å². The lowest BCUT2D eigenvalue weighted by Crippen LogP contribution is -2.27. The van der Waals surface area contributed by atoms with Gasteiger partial charge in [-0.2, -0.15) is 0 Å². The number of ether oxygens (including phenoxy) is 1. The molecule has 0 unspecified atom stereocenters. The van der Waals surface area contributed by atoms with E-state index < -0.39 is 5.91 Å². The highest BCUT2D eigenvalue weighted by molar-refractivity contribution is 5.99. The molecule has 3 N–H and O–H groups in total. The number of carbonyl (C=O) groups is 2. The van der Waals surface area contributed by atoms with Crippen molar-refractivity contribution in [3.05, 3.63) is 90.0 Å². The lowest BCUT2D eigenvalue weighted by molar-refractivity contribution is 0.0927. The fraction of sp³-hybridized carbons (Fsp3) is 0.167. The van der Waals surface area contributed by atoms with Crippen LogP contribution in [-0.4, -0.2) is 39.3 Å². The molecule has 0 saturated heterocycles. The topological polar surface area (TPSA) is 112 Å². The second-order valence-electron chi connectivity index (χ2n) is 7.19. The summed E-state index contributed by atoms with van der Waals surface area (Å²) in [6.45, 7) is 1.49. The third kappa shape index (κ3) is 4.81. The molecule has 4 aromatic rings. The van der Waals surface area contributed by atoms with E-state index in [4.69, 9.17) is 10.5 Å². The summed E-state index contributed by atoms with van der Waals surface area (Å²) in [6.07, 6.45) is 2.05. The Hall–Kier alpha value is -4.04. The number of primary amides is 1. The van der Waals surface area contributed by atoms with Crippen LogP contribution < -0.4 is 11.1 Å². The second-order valence-corrected chi connectivity index (χ2v) is 7.19. The Bertz CT molecular complexity index is 1220. The van der Waals surface area contributed by atoms with Gasteiger partial charge in [0, 0.05) is 18.7 Å². The van der Waals surface area contributed by atoms with Crippen molar-refractivity contribution in [3.8, 4) is 11.3 Å². The van der Waals surface area contributed by atoms with Gasteiger partial charge in [0.2, 0.25) is 0 Å². The van der Waals surface area contributed by atoms with Crippen molar-refractivity contribution in [2.75, 3.05) is 13.2 Å². The third-order valence-electron chi connectivity index (χ3n) is 4.90. The SMILES string of the molecule is NC(=O)c1ncn2c(C(=O)NCCCOCc3ccccc3)cc(-c3ccccc3)nc12. The minimum absolute atomic E-state index is 0.0196. The van der Waals surface area contributed by atoms with Crippen LogP contribution in [0.4, 0.5) is 0 Å². The average molecular weight is 429 g/mol. The standard InChI is InChI=1S/C24H23N5O3/c25-22(30)21-23-28-19(18-10-5-2-6-11-18)14-20(29(23)16-27-21)24(31)26-12-7-13-32-15-17-8-3-1-4-9-17/h1-6,8-11,14,16H,7,12-13,15H2,(H2,25,30)(H,26,31). The molecule has 0 aliphatic rings. The van der Waals surface area contributed by atoms with Gasteiger partial charge < -0.3 is 15.8 Å². The monoisotopic (exact) mass is 429 g/mol. The molecule has 0 aliphatic heterocycles. The summed E-state index contributed by atoms with van der Waals surface area (Å²) in [5.74, 6) is -1.00. The first-order chi connectivity index (χ1) is 15.6. The molecule has 2 aromatic heterocycles. The number of aromatic nitrogens is 3. The van der Waals surface area contributed by atoms with Gasteiger partial charge in [0.1, 0.15) is 12.0 Å². The molecule has 2 amide bonds. The minimum atomic E-state index is -0.702. The van der Waals surface area contributed by atoms with Crippen LogP contribution >= 0.6 is 0 Å². The largest absolute Gasteiger partial charge is 0.377 e. The smallest absolute Gasteiger partial charge is 0.271 e. The number of nitrogens with one attached hydrogen (secondary N) is 1. The number of fused-ring (bicyclic) bond motifs is 1. The molecule has 0 fully saturated rings. The van der Waals surface area contributed by atoms with E-state index in [0.717, 1.165) is 11.1 Å². The van der Waals surface area contributed by atoms with Gasteiger partial charge >= 0.3 is 0 Å². The van der Waals surface area contributed by atoms with Gasteiger partial charge in [-0.1, -0.05) is 60.7 Å². The van der Waals surface area contributed by atoms with E-state index in [1.165, 1.54) is 10.7 Å². The molecule has 0 atom stereocenters. The number of hydrogen-bond donors (Lipinski definition) is 2. The van der Waals surface area contributed by atoms with Crippen LogP contribution in [0, 0.1) is 0 Å². The van der Waals surface area contributed by atoms with Gasteiger partial charge in [-0.3, -0.25) is 14.0 Å². The first-order valence-electron chi connectivity index (χ1n) is 10.3. The fourth-order valence-corrected chi connectivity index (χ4v) is 3.31. The first kappa shape index (κ1) is 21.2. The van der Waals surface area contributed by atoms with Crippen LogP contribution in [0.1, 0.15) is 33.0 Å². The number of nitrogens with two attached hydrogens (primary N) is 1. The normalized spacial score (nSPS) is 10.9. The molecule has 162 valence electrons. The summed E-state index contributed by atoms with van der Waals surface area (Å²) in [4.78, 5) is 33.3. The van der Waals surface area contributed by atoms with Crippen LogP contribution in [-0.2, 0) is 11.3 Å². The Labute approximate surface area is 185 Å². The molecule has 0 radical (unpaired) electrons. The van der Waals surface area contributed by atoms with Gasteiger partial charge in [0.15, 0.2) is 11.3 Å². The molecule has 8 nitrogen and oxygen atoms in total. The van der Waals surface area contributed by atoms with Crippen LogP contribution in [0.25, 0.3) is 16.9 Å². The highest BCUT2D eigenvalue weighted by Crippen LogP contribution is 2.21. The number of carbonyl (C=O) groups excluding carboxylic acids is 2. The Morgan fingerprint density at radius 1 is 1.03 bits per heavy atom. The Morgan fingerprint density at radius 3 is 2.47 bits per heavy atom. The van der Waals surface area contributed by atoms with E-state index in [1.807, 2.05) is 60.7 Å². The number of benzene rings is 2. The lowest BCUT2D eigenvalue weighted by Gasteiger charge is -2.10. The molecule has 0 spiro atoms. The van der Waals surface area contributed by atoms with Gasteiger partial charge in [-0.25, -0.2) is 9.97 Å². The van der Waals surface area contributed by atoms with Crippen LogP contribution in [0.15, 0.2) is 73.1 Å². The maximum atomic E-state index is 12.9. The van der Waals surface area contributed by atoms with E-state index in [2.05, 4.69) is 15.3 Å². The highest BCUT2D eigenvalue weighted by atomic mass is 16.5. The van der Waals surface area contributed by atoms with Crippen molar-refractivity contribution in [2.45, 2.75) is 13.0 Å². The van der Waals surface area contributed by atoms with Crippen LogP contribution in [0.2, 0.25) is 0 Å². The predicted molar refractivity (Wildman–Crippen MR) is 120 cm³/mol. The fourth-order valence-electron chi connectivity index (χ4n) is 3.31. The van der Waals surface area contributed by atoms with Gasteiger partial charge in [0.25, 0.3) is 11.8 Å². The van der Waals surface area contributed by atoms with Crippen molar-refractivity contribution < 1.29 is 14.3 Å². The van der Waals surface area contributed by atoms with Crippen molar-refractivity contribution in [1.82, 2.24) is 19.7 Å². The highest BCUT2D eigenvalue weighted by Gasteiger charge is 2.19. The molecule has 32 heavy (non-hydrogen) atoms. The zero-order valence-corrected chi connectivity index (χ0v) is 17.4. The quantitative estimate of drug-likeness (QED) is 0.398. The van der Waals surface area contributed by atoms with Crippen molar-refractivity contribution in [2.24, 2.45) is 5.73 Å². The molecule has 2 heterocycles. The molecule has 8 heteroatoms. The maximum absolute atomic E-state index is 12.9. The van der Waals surface area contributed by atoms with Gasteiger partial charge in [-0.05, 0) is 18.1 Å². The number of hydrogen-bond acceptors (Lipinski definition) is 5. The van der Waals surface area contributed by atoms with E-state index >= 15 is 0 Å². The Balaban J connectivity index is 1.46. The van der Waals surface area contributed by atoms with E-state index in [0.29, 0.717) is 37.6 Å². The lowest BCUT2D eigenvalue weighted by atomic mass is 10.1. The summed E-state index contributed by atoms with van der Waals surface area (Å²) in [6, 6.07) is 21.0. The molecular weight excluding hydrogens is 406 g/mol.